The summed E-state index contributed by atoms with van der Waals surface area (Å²) in [5.74, 6) is 1.19. The van der Waals surface area contributed by atoms with E-state index in [0.717, 1.165) is 12.8 Å². The van der Waals surface area contributed by atoms with Gasteiger partial charge in [0.2, 0.25) is 5.91 Å². The molecule has 7 nitrogen and oxygen atoms in total. The average Bonchev–Trinajstić information content (AvgIpc) is 2.69. The van der Waals surface area contributed by atoms with Gasteiger partial charge in [0.25, 0.3) is 0 Å². The van der Waals surface area contributed by atoms with E-state index >= 15 is 0 Å². The first-order valence-corrected chi connectivity index (χ1v) is 9.10. The fraction of sp³-hybridized carbons (Fsp3) is 0.579. The van der Waals surface area contributed by atoms with Crippen LogP contribution in [0.2, 0.25) is 0 Å². The zero-order valence-corrected chi connectivity index (χ0v) is 16.1. The van der Waals surface area contributed by atoms with E-state index in [9.17, 15) is 9.59 Å². The monoisotopic (exact) mass is 363 g/mol. The van der Waals surface area contributed by atoms with E-state index in [-0.39, 0.29) is 17.9 Å². The highest BCUT2D eigenvalue weighted by molar-refractivity contribution is 5.91. The van der Waals surface area contributed by atoms with Crippen LogP contribution in [0.3, 0.4) is 0 Å². The van der Waals surface area contributed by atoms with Crippen molar-refractivity contribution in [2.75, 3.05) is 45.7 Å². The molecule has 0 radical (unpaired) electrons. The molecule has 144 valence electrons. The van der Waals surface area contributed by atoms with Gasteiger partial charge in [-0.15, -0.1) is 0 Å². The predicted octanol–water partition coefficient (Wildman–Crippen LogP) is 2.82. The fourth-order valence-corrected chi connectivity index (χ4v) is 3.25. The molecule has 0 spiro atoms. The van der Waals surface area contributed by atoms with E-state index in [4.69, 9.17) is 9.47 Å². The molecular weight excluding hydrogens is 334 g/mol. The van der Waals surface area contributed by atoms with Crippen LogP contribution in [0.5, 0.6) is 11.5 Å². The number of nitrogens with one attached hydrogen (secondary N) is 1. The molecule has 1 aliphatic rings. The Balaban J connectivity index is 2.04. The number of anilines is 1. The van der Waals surface area contributed by atoms with E-state index in [1.54, 1.807) is 37.3 Å². The Hall–Kier alpha value is -2.44. The van der Waals surface area contributed by atoms with Crippen LogP contribution in [0.15, 0.2) is 18.2 Å². The molecule has 1 atom stereocenters. The molecule has 26 heavy (non-hydrogen) atoms. The van der Waals surface area contributed by atoms with E-state index in [2.05, 4.69) is 5.32 Å². The van der Waals surface area contributed by atoms with E-state index in [0.29, 0.717) is 43.4 Å². The smallest absolute Gasteiger partial charge is 0.321 e. The lowest BCUT2D eigenvalue weighted by atomic mass is 9.96. The van der Waals surface area contributed by atoms with Crippen LogP contribution in [-0.2, 0) is 4.79 Å². The van der Waals surface area contributed by atoms with Crippen molar-refractivity contribution in [3.63, 3.8) is 0 Å². The largest absolute Gasteiger partial charge is 0.497 e. The van der Waals surface area contributed by atoms with Gasteiger partial charge in [0.05, 0.1) is 25.8 Å². The number of nitrogens with zero attached hydrogens (tertiary/aromatic N) is 2. The number of methoxy groups -OCH3 is 2. The number of carbonyl (C=O) groups excluding carboxylic acids is 2. The first-order chi connectivity index (χ1) is 12.5. The third-order valence-electron chi connectivity index (χ3n) is 4.78. The fourth-order valence-electron chi connectivity index (χ4n) is 3.25. The zero-order valence-electron chi connectivity index (χ0n) is 16.1. The van der Waals surface area contributed by atoms with Crippen LogP contribution in [0.1, 0.15) is 26.7 Å². The molecule has 2 rings (SSSR count). The number of hydrogen-bond acceptors (Lipinski definition) is 4. The first-order valence-electron chi connectivity index (χ1n) is 9.10. The van der Waals surface area contributed by atoms with Crippen molar-refractivity contribution in [1.29, 1.82) is 0 Å². The minimum atomic E-state index is -0.217. The van der Waals surface area contributed by atoms with E-state index < -0.39 is 0 Å². The molecule has 1 saturated heterocycles. The summed E-state index contributed by atoms with van der Waals surface area (Å²) in [7, 11) is 3.12. The maximum atomic E-state index is 12.7. The van der Waals surface area contributed by atoms with Crippen LogP contribution >= 0.6 is 0 Å². The van der Waals surface area contributed by atoms with Gasteiger partial charge in [0.1, 0.15) is 11.5 Å². The van der Waals surface area contributed by atoms with Gasteiger partial charge in [-0.05, 0) is 38.8 Å². The van der Waals surface area contributed by atoms with Crippen LogP contribution in [0, 0.1) is 5.92 Å². The molecule has 1 N–H and O–H groups in total. The molecule has 0 aromatic heterocycles. The Kier molecular flexibility index (Phi) is 7.12. The minimum absolute atomic E-state index is 0.132. The molecule has 1 unspecified atom stereocenters. The standard InChI is InChI=1S/C19H29N3O4/c1-5-21(6-2)18(23)14-8-7-11-22(13-14)19(24)20-16-10-9-15(25-3)12-17(16)26-4/h9-10,12,14H,5-8,11,13H2,1-4H3,(H,20,24). The summed E-state index contributed by atoms with van der Waals surface area (Å²) in [4.78, 5) is 28.8. The number of hydrogen-bond donors (Lipinski definition) is 1. The lowest BCUT2D eigenvalue weighted by Crippen LogP contribution is -2.48. The van der Waals surface area contributed by atoms with Crippen LogP contribution in [0.4, 0.5) is 10.5 Å². The van der Waals surface area contributed by atoms with Crippen molar-refractivity contribution < 1.29 is 19.1 Å². The maximum Gasteiger partial charge on any atom is 0.321 e. The van der Waals surface area contributed by atoms with Crippen molar-refractivity contribution in [3.8, 4) is 11.5 Å². The second-order valence-electron chi connectivity index (χ2n) is 6.29. The molecule has 1 aromatic rings. The van der Waals surface area contributed by atoms with E-state index in [1.165, 1.54) is 0 Å². The van der Waals surface area contributed by atoms with Crippen LogP contribution in [-0.4, -0.2) is 62.1 Å². The number of amides is 3. The van der Waals surface area contributed by atoms with Crippen molar-refractivity contribution in [3.05, 3.63) is 18.2 Å². The predicted molar refractivity (Wildman–Crippen MR) is 101 cm³/mol. The lowest BCUT2D eigenvalue weighted by molar-refractivity contribution is -0.136. The van der Waals surface area contributed by atoms with Crippen molar-refractivity contribution in [1.82, 2.24) is 9.80 Å². The molecule has 0 saturated carbocycles. The highest BCUT2D eigenvalue weighted by Crippen LogP contribution is 2.29. The molecule has 0 bridgehead atoms. The minimum Gasteiger partial charge on any atom is -0.497 e. The maximum absolute atomic E-state index is 12.7. The second-order valence-corrected chi connectivity index (χ2v) is 6.29. The Morgan fingerprint density at radius 3 is 2.58 bits per heavy atom. The van der Waals surface area contributed by atoms with E-state index in [1.807, 2.05) is 18.7 Å². The Morgan fingerprint density at radius 2 is 1.96 bits per heavy atom. The number of likely N-dealkylation sites (tertiary alicyclic amines) is 1. The molecule has 1 fully saturated rings. The summed E-state index contributed by atoms with van der Waals surface area (Å²) >= 11 is 0. The normalized spacial score (nSPS) is 16.8. The van der Waals surface area contributed by atoms with Gasteiger partial charge in [0.15, 0.2) is 0 Å². The lowest BCUT2D eigenvalue weighted by Gasteiger charge is -2.34. The number of ether oxygens (including phenoxy) is 2. The van der Waals surface area contributed by atoms with Crippen LogP contribution in [0.25, 0.3) is 0 Å². The molecule has 3 amide bonds. The Labute approximate surface area is 155 Å². The highest BCUT2D eigenvalue weighted by atomic mass is 16.5. The van der Waals surface area contributed by atoms with Gasteiger partial charge in [-0.1, -0.05) is 0 Å². The third kappa shape index (κ3) is 4.59. The quantitative estimate of drug-likeness (QED) is 0.844. The summed E-state index contributed by atoms with van der Waals surface area (Å²) in [6.45, 7) is 6.43. The highest BCUT2D eigenvalue weighted by Gasteiger charge is 2.30. The number of urea groups is 1. The van der Waals surface area contributed by atoms with Crippen molar-refractivity contribution in [2.24, 2.45) is 5.92 Å². The molecule has 7 heteroatoms. The van der Waals surface area contributed by atoms with Gasteiger partial charge < -0.3 is 24.6 Å². The van der Waals surface area contributed by atoms with Crippen molar-refractivity contribution in [2.45, 2.75) is 26.7 Å². The summed E-state index contributed by atoms with van der Waals surface area (Å²) in [5.41, 5.74) is 0.579. The van der Waals surface area contributed by atoms with Gasteiger partial charge in [0, 0.05) is 32.2 Å². The number of rotatable bonds is 6. The van der Waals surface area contributed by atoms with Gasteiger partial charge >= 0.3 is 6.03 Å². The Bertz CT molecular complexity index is 631. The summed E-state index contributed by atoms with van der Waals surface area (Å²) < 4.78 is 10.5. The molecule has 1 aromatic carbocycles. The number of piperidine rings is 1. The molecular formula is C19H29N3O4. The second kappa shape index (κ2) is 9.31. The SMILES string of the molecule is CCN(CC)C(=O)C1CCCN(C(=O)Nc2ccc(OC)cc2OC)C1. The number of benzene rings is 1. The summed E-state index contributed by atoms with van der Waals surface area (Å²) in [6.07, 6.45) is 1.65. The zero-order chi connectivity index (χ0) is 19.1. The van der Waals surface area contributed by atoms with Gasteiger partial charge in [-0.3, -0.25) is 4.79 Å². The molecule has 1 heterocycles. The van der Waals surface area contributed by atoms with Gasteiger partial charge in [-0.25, -0.2) is 4.79 Å². The third-order valence-corrected chi connectivity index (χ3v) is 4.78. The van der Waals surface area contributed by atoms with Crippen LogP contribution < -0.4 is 14.8 Å². The first kappa shape index (κ1) is 19.9. The van der Waals surface area contributed by atoms with Crippen molar-refractivity contribution >= 4 is 17.6 Å². The summed E-state index contributed by atoms with van der Waals surface area (Å²) in [5, 5.41) is 2.88. The molecule has 1 aliphatic heterocycles. The molecule has 0 aliphatic carbocycles. The Morgan fingerprint density at radius 1 is 1.23 bits per heavy atom. The summed E-state index contributed by atoms with van der Waals surface area (Å²) in [6, 6.07) is 5.02. The van der Waals surface area contributed by atoms with Gasteiger partial charge in [-0.2, -0.15) is 0 Å². The average molecular weight is 363 g/mol. The topological polar surface area (TPSA) is 71.1 Å². The number of carbonyl (C=O) groups is 2.